The van der Waals surface area contributed by atoms with Crippen LogP contribution in [0.2, 0.25) is 0 Å². The van der Waals surface area contributed by atoms with Crippen LogP contribution in [0.25, 0.3) is 0 Å². The molecule has 1 aliphatic carbocycles. The van der Waals surface area contributed by atoms with Gasteiger partial charge in [-0.1, -0.05) is 25.1 Å². The Morgan fingerprint density at radius 1 is 1.13 bits per heavy atom. The van der Waals surface area contributed by atoms with Crippen molar-refractivity contribution in [1.82, 2.24) is 4.90 Å². The summed E-state index contributed by atoms with van der Waals surface area (Å²) in [6.07, 6.45) is 1.96. The second kappa shape index (κ2) is 8.38. The third kappa shape index (κ3) is 4.13. The first-order chi connectivity index (χ1) is 14.5. The topological polar surface area (TPSA) is 61.9 Å². The highest BCUT2D eigenvalue weighted by molar-refractivity contribution is 5.94. The summed E-state index contributed by atoms with van der Waals surface area (Å²) in [5, 5.41) is 2.99. The molecule has 158 valence electrons. The van der Waals surface area contributed by atoms with E-state index >= 15 is 0 Å². The number of rotatable bonds is 5. The van der Waals surface area contributed by atoms with E-state index in [1.54, 1.807) is 14.0 Å². The Bertz CT molecular complexity index is 928. The Morgan fingerprint density at radius 2 is 1.83 bits per heavy atom. The maximum absolute atomic E-state index is 12.8. The van der Waals surface area contributed by atoms with Gasteiger partial charge in [-0.2, -0.15) is 0 Å². The normalized spacial score (nSPS) is 22.5. The molecule has 2 aromatic rings. The minimum Gasteiger partial charge on any atom is -0.496 e. The number of nitrogens with one attached hydrogen (secondary N) is 1. The molecule has 2 fully saturated rings. The van der Waals surface area contributed by atoms with Gasteiger partial charge >= 0.3 is 6.03 Å². The number of hydrogen-bond donors (Lipinski definition) is 1. The van der Waals surface area contributed by atoms with Crippen molar-refractivity contribution in [1.29, 1.82) is 0 Å². The standard InChI is InChI=1S/C24H29N3O3/c1-16-14-22(16)27(17(2)28)20-10-8-19(9-11-20)25-24(29)26-13-12-18(15-26)21-6-4-5-7-23(21)30-3/h4-11,16,18,22H,12-15H2,1-3H3,(H,25,29). The van der Waals surface area contributed by atoms with Crippen molar-refractivity contribution in [2.24, 2.45) is 5.92 Å². The Kier molecular flexibility index (Phi) is 5.66. The second-order valence-electron chi connectivity index (χ2n) is 8.32. The minimum atomic E-state index is -0.0978. The molecule has 1 saturated carbocycles. The van der Waals surface area contributed by atoms with E-state index in [9.17, 15) is 9.59 Å². The SMILES string of the molecule is COc1ccccc1C1CCN(C(=O)Nc2ccc(N(C(C)=O)C3CC3C)cc2)C1. The molecule has 0 bridgehead atoms. The van der Waals surface area contributed by atoms with Crippen molar-refractivity contribution in [2.45, 2.75) is 38.6 Å². The molecular formula is C24H29N3O3. The van der Waals surface area contributed by atoms with Crippen molar-refractivity contribution in [3.8, 4) is 5.75 Å². The summed E-state index contributed by atoms with van der Waals surface area (Å²) in [6, 6.07) is 15.7. The number of anilines is 2. The van der Waals surface area contributed by atoms with Crippen molar-refractivity contribution in [2.75, 3.05) is 30.4 Å². The average molecular weight is 408 g/mol. The molecule has 1 heterocycles. The number of benzene rings is 2. The van der Waals surface area contributed by atoms with Gasteiger partial charge in [-0.15, -0.1) is 0 Å². The zero-order valence-corrected chi connectivity index (χ0v) is 17.8. The van der Waals surface area contributed by atoms with Crippen molar-refractivity contribution in [3.63, 3.8) is 0 Å². The van der Waals surface area contributed by atoms with Gasteiger partial charge in [-0.05, 0) is 54.7 Å². The van der Waals surface area contributed by atoms with Gasteiger partial charge in [0.1, 0.15) is 5.75 Å². The van der Waals surface area contributed by atoms with E-state index in [0.717, 1.165) is 35.5 Å². The second-order valence-corrected chi connectivity index (χ2v) is 8.32. The molecule has 3 unspecified atom stereocenters. The van der Waals surface area contributed by atoms with E-state index in [0.29, 0.717) is 25.0 Å². The van der Waals surface area contributed by atoms with Gasteiger partial charge in [0, 0.05) is 43.3 Å². The molecule has 2 aliphatic rings. The minimum absolute atomic E-state index is 0.0561. The molecule has 4 rings (SSSR count). The number of para-hydroxylation sites is 1. The molecule has 0 aromatic heterocycles. The van der Waals surface area contributed by atoms with E-state index in [2.05, 4.69) is 18.3 Å². The van der Waals surface area contributed by atoms with Gasteiger partial charge < -0.3 is 19.9 Å². The van der Waals surface area contributed by atoms with Crippen LogP contribution in [0.3, 0.4) is 0 Å². The lowest BCUT2D eigenvalue weighted by Gasteiger charge is -2.22. The quantitative estimate of drug-likeness (QED) is 0.795. The van der Waals surface area contributed by atoms with Crippen LogP contribution >= 0.6 is 0 Å². The molecular weight excluding hydrogens is 378 g/mol. The van der Waals surface area contributed by atoms with E-state index in [1.807, 2.05) is 52.3 Å². The molecule has 0 radical (unpaired) electrons. The highest BCUT2D eigenvalue weighted by Crippen LogP contribution is 2.38. The Balaban J connectivity index is 1.38. The van der Waals surface area contributed by atoms with Gasteiger partial charge in [-0.3, -0.25) is 4.79 Å². The lowest BCUT2D eigenvalue weighted by atomic mass is 9.97. The van der Waals surface area contributed by atoms with Crippen molar-refractivity contribution in [3.05, 3.63) is 54.1 Å². The highest BCUT2D eigenvalue weighted by Gasteiger charge is 2.40. The molecule has 6 nitrogen and oxygen atoms in total. The number of urea groups is 1. The summed E-state index contributed by atoms with van der Waals surface area (Å²) in [7, 11) is 1.68. The molecule has 1 saturated heterocycles. The first kappa shape index (κ1) is 20.3. The van der Waals surface area contributed by atoms with Crippen LogP contribution in [0.1, 0.15) is 38.2 Å². The predicted octanol–water partition coefficient (Wildman–Crippen LogP) is 4.48. The maximum Gasteiger partial charge on any atom is 0.321 e. The molecule has 1 aliphatic heterocycles. The van der Waals surface area contributed by atoms with Crippen LogP contribution in [0.5, 0.6) is 5.75 Å². The lowest BCUT2D eigenvalue weighted by Crippen LogP contribution is -2.33. The smallest absolute Gasteiger partial charge is 0.321 e. The van der Waals surface area contributed by atoms with Gasteiger partial charge in [0.2, 0.25) is 5.91 Å². The third-order valence-electron chi connectivity index (χ3n) is 6.19. The van der Waals surface area contributed by atoms with Crippen LogP contribution in [0.15, 0.2) is 48.5 Å². The largest absolute Gasteiger partial charge is 0.496 e. The first-order valence-electron chi connectivity index (χ1n) is 10.6. The summed E-state index contributed by atoms with van der Waals surface area (Å²) in [5.41, 5.74) is 2.77. The van der Waals surface area contributed by atoms with Crippen LogP contribution in [0.4, 0.5) is 16.2 Å². The molecule has 30 heavy (non-hydrogen) atoms. The van der Waals surface area contributed by atoms with E-state index in [-0.39, 0.29) is 17.9 Å². The fourth-order valence-corrected chi connectivity index (χ4v) is 4.38. The summed E-state index contributed by atoms with van der Waals surface area (Å²) >= 11 is 0. The zero-order chi connectivity index (χ0) is 21.3. The third-order valence-corrected chi connectivity index (χ3v) is 6.19. The number of likely N-dealkylation sites (tertiary alicyclic amines) is 1. The lowest BCUT2D eigenvalue weighted by molar-refractivity contribution is -0.116. The van der Waals surface area contributed by atoms with E-state index < -0.39 is 0 Å². The van der Waals surface area contributed by atoms with Crippen molar-refractivity contribution >= 4 is 23.3 Å². The number of ether oxygens (including phenoxy) is 1. The van der Waals surface area contributed by atoms with Crippen LogP contribution < -0.4 is 15.0 Å². The fourth-order valence-electron chi connectivity index (χ4n) is 4.38. The van der Waals surface area contributed by atoms with E-state index in [1.165, 1.54) is 0 Å². The number of carbonyl (C=O) groups is 2. The molecule has 0 spiro atoms. The Morgan fingerprint density at radius 3 is 2.47 bits per heavy atom. The Labute approximate surface area is 177 Å². The summed E-state index contributed by atoms with van der Waals surface area (Å²) in [4.78, 5) is 28.5. The first-order valence-corrected chi connectivity index (χ1v) is 10.6. The zero-order valence-electron chi connectivity index (χ0n) is 17.8. The van der Waals surface area contributed by atoms with Gasteiger partial charge in [0.25, 0.3) is 0 Å². The number of amides is 3. The van der Waals surface area contributed by atoms with Crippen molar-refractivity contribution < 1.29 is 14.3 Å². The monoisotopic (exact) mass is 407 g/mol. The molecule has 1 N–H and O–H groups in total. The number of methoxy groups -OCH3 is 1. The molecule has 6 heteroatoms. The van der Waals surface area contributed by atoms with Gasteiger partial charge in [-0.25, -0.2) is 4.79 Å². The fraction of sp³-hybridized carbons (Fsp3) is 0.417. The number of carbonyl (C=O) groups excluding carboxylic acids is 2. The number of hydrogen-bond acceptors (Lipinski definition) is 3. The number of nitrogens with zero attached hydrogens (tertiary/aromatic N) is 2. The summed E-state index contributed by atoms with van der Waals surface area (Å²) < 4.78 is 5.48. The van der Waals surface area contributed by atoms with Crippen LogP contribution in [-0.2, 0) is 4.79 Å². The summed E-state index contributed by atoms with van der Waals surface area (Å²) in [5.74, 6) is 1.75. The summed E-state index contributed by atoms with van der Waals surface area (Å²) in [6.45, 7) is 5.14. The molecule has 2 aromatic carbocycles. The molecule has 3 atom stereocenters. The van der Waals surface area contributed by atoms with E-state index in [4.69, 9.17) is 4.74 Å². The average Bonchev–Trinajstić information content (AvgIpc) is 3.25. The maximum atomic E-state index is 12.8. The van der Waals surface area contributed by atoms with Crippen LogP contribution in [-0.4, -0.2) is 43.1 Å². The predicted molar refractivity (Wildman–Crippen MR) is 118 cm³/mol. The van der Waals surface area contributed by atoms with Gasteiger partial charge in [0.15, 0.2) is 0 Å². The Hall–Kier alpha value is -3.02. The van der Waals surface area contributed by atoms with Gasteiger partial charge in [0.05, 0.1) is 7.11 Å². The van der Waals surface area contributed by atoms with Crippen LogP contribution in [0, 0.1) is 5.92 Å². The molecule has 3 amide bonds. The highest BCUT2D eigenvalue weighted by atomic mass is 16.5.